The van der Waals surface area contributed by atoms with E-state index >= 15 is 0 Å². The zero-order valence-electron chi connectivity index (χ0n) is 11.1. The van der Waals surface area contributed by atoms with Gasteiger partial charge in [-0.1, -0.05) is 35.3 Å². The SMILES string of the molecule is CNC(=O)c1ccc(CNC(=O)c2cc(Cl)sc2Cl)cc1. The predicted octanol–water partition coefficient (Wildman–Crippen LogP) is 3.34. The first-order valence-corrected chi connectivity index (χ1v) is 7.62. The second-order valence-corrected chi connectivity index (χ2v) is 6.48. The van der Waals surface area contributed by atoms with Crippen molar-refractivity contribution < 1.29 is 9.59 Å². The van der Waals surface area contributed by atoms with Gasteiger partial charge < -0.3 is 10.6 Å². The van der Waals surface area contributed by atoms with Gasteiger partial charge in [0.2, 0.25) is 0 Å². The molecule has 0 unspecified atom stereocenters. The van der Waals surface area contributed by atoms with Gasteiger partial charge >= 0.3 is 0 Å². The normalized spacial score (nSPS) is 10.2. The van der Waals surface area contributed by atoms with Crippen LogP contribution in [0.15, 0.2) is 30.3 Å². The average Bonchev–Trinajstić information content (AvgIpc) is 2.83. The number of hydrogen-bond donors (Lipinski definition) is 2. The van der Waals surface area contributed by atoms with E-state index in [9.17, 15) is 9.59 Å². The lowest BCUT2D eigenvalue weighted by molar-refractivity contribution is 0.0946. The van der Waals surface area contributed by atoms with Crippen LogP contribution >= 0.6 is 34.5 Å². The molecule has 2 N–H and O–H groups in total. The van der Waals surface area contributed by atoms with Crippen LogP contribution in [0.3, 0.4) is 0 Å². The quantitative estimate of drug-likeness (QED) is 0.895. The minimum atomic E-state index is -0.279. The van der Waals surface area contributed by atoms with Gasteiger partial charge in [0.1, 0.15) is 4.34 Å². The molecular weight excluding hydrogens is 331 g/mol. The molecule has 0 radical (unpaired) electrons. The highest BCUT2D eigenvalue weighted by Crippen LogP contribution is 2.30. The fourth-order valence-corrected chi connectivity index (χ4v) is 3.15. The van der Waals surface area contributed by atoms with E-state index in [1.165, 1.54) is 0 Å². The van der Waals surface area contributed by atoms with Gasteiger partial charge in [-0.25, -0.2) is 0 Å². The standard InChI is InChI=1S/C14H12Cl2N2O2S/c1-17-13(19)9-4-2-8(3-5-9)7-18-14(20)10-6-11(15)21-12(10)16/h2-6H,7H2,1H3,(H,17,19)(H,18,20). The summed E-state index contributed by atoms with van der Waals surface area (Å²) in [4.78, 5) is 23.4. The Bertz CT molecular complexity index is 668. The molecule has 0 spiro atoms. The Hall–Kier alpha value is -1.56. The van der Waals surface area contributed by atoms with E-state index in [2.05, 4.69) is 10.6 Å². The smallest absolute Gasteiger partial charge is 0.253 e. The van der Waals surface area contributed by atoms with Gasteiger partial charge in [-0.3, -0.25) is 9.59 Å². The molecule has 2 rings (SSSR count). The molecule has 0 aliphatic carbocycles. The van der Waals surface area contributed by atoms with Gasteiger partial charge in [0.05, 0.1) is 9.90 Å². The Morgan fingerprint density at radius 2 is 1.81 bits per heavy atom. The van der Waals surface area contributed by atoms with Crippen molar-refractivity contribution in [2.45, 2.75) is 6.54 Å². The van der Waals surface area contributed by atoms with Gasteiger partial charge in [0.25, 0.3) is 11.8 Å². The minimum Gasteiger partial charge on any atom is -0.355 e. The molecule has 1 heterocycles. The van der Waals surface area contributed by atoms with Crippen molar-refractivity contribution in [2.24, 2.45) is 0 Å². The van der Waals surface area contributed by atoms with Crippen LogP contribution in [0.25, 0.3) is 0 Å². The molecule has 2 amide bonds. The number of amides is 2. The Kier molecular flexibility index (Phi) is 5.22. The van der Waals surface area contributed by atoms with Crippen molar-refractivity contribution in [1.82, 2.24) is 10.6 Å². The second kappa shape index (κ2) is 6.93. The summed E-state index contributed by atoms with van der Waals surface area (Å²) in [7, 11) is 1.58. The molecular formula is C14H12Cl2N2O2S. The number of nitrogens with one attached hydrogen (secondary N) is 2. The minimum absolute atomic E-state index is 0.148. The van der Waals surface area contributed by atoms with Crippen molar-refractivity contribution >= 4 is 46.4 Å². The molecule has 110 valence electrons. The highest BCUT2D eigenvalue weighted by molar-refractivity contribution is 7.20. The third kappa shape index (κ3) is 3.97. The third-order valence-corrected chi connectivity index (χ3v) is 4.29. The first-order valence-electron chi connectivity index (χ1n) is 6.05. The van der Waals surface area contributed by atoms with Crippen LogP contribution < -0.4 is 10.6 Å². The molecule has 1 aromatic heterocycles. The van der Waals surface area contributed by atoms with Gasteiger partial charge in [0, 0.05) is 19.2 Å². The number of hydrogen-bond acceptors (Lipinski definition) is 3. The number of thiophene rings is 1. The van der Waals surface area contributed by atoms with Crippen molar-refractivity contribution in [3.05, 3.63) is 55.7 Å². The van der Waals surface area contributed by atoms with Crippen molar-refractivity contribution in [3.63, 3.8) is 0 Å². The number of benzene rings is 1. The van der Waals surface area contributed by atoms with E-state index < -0.39 is 0 Å². The van der Waals surface area contributed by atoms with Crippen LogP contribution in [0, 0.1) is 0 Å². The Labute approximate surface area is 136 Å². The molecule has 0 bridgehead atoms. The topological polar surface area (TPSA) is 58.2 Å². The second-order valence-electron chi connectivity index (χ2n) is 4.20. The number of rotatable bonds is 4. The van der Waals surface area contributed by atoms with E-state index in [1.54, 1.807) is 37.4 Å². The number of carbonyl (C=O) groups excluding carboxylic acids is 2. The lowest BCUT2D eigenvalue weighted by Gasteiger charge is -2.06. The number of carbonyl (C=O) groups is 2. The summed E-state index contributed by atoms with van der Waals surface area (Å²) in [5.74, 6) is -0.427. The van der Waals surface area contributed by atoms with E-state index in [4.69, 9.17) is 23.2 Å². The van der Waals surface area contributed by atoms with Crippen LogP contribution in [0.2, 0.25) is 8.67 Å². The Balaban J connectivity index is 1.98. The van der Waals surface area contributed by atoms with Crippen LogP contribution in [-0.2, 0) is 6.54 Å². The summed E-state index contributed by atoms with van der Waals surface area (Å²) >= 11 is 12.9. The fraction of sp³-hybridized carbons (Fsp3) is 0.143. The molecule has 4 nitrogen and oxygen atoms in total. The molecule has 7 heteroatoms. The van der Waals surface area contributed by atoms with E-state index in [0.717, 1.165) is 16.9 Å². The van der Waals surface area contributed by atoms with Crippen LogP contribution in [-0.4, -0.2) is 18.9 Å². The molecule has 1 aromatic carbocycles. The van der Waals surface area contributed by atoms with Crippen LogP contribution in [0.5, 0.6) is 0 Å². The molecule has 0 aliphatic rings. The zero-order valence-corrected chi connectivity index (χ0v) is 13.4. The average molecular weight is 343 g/mol. The van der Waals surface area contributed by atoms with Crippen molar-refractivity contribution in [3.8, 4) is 0 Å². The maximum atomic E-state index is 12.0. The molecule has 21 heavy (non-hydrogen) atoms. The molecule has 0 saturated carbocycles. The van der Waals surface area contributed by atoms with Gasteiger partial charge in [-0.05, 0) is 23.8 Å². The van der Waals surface area contributed by atoms with Crippen LogP contribution in [0.4, 0.5) is 0 Å². The Morgan fingerprint density at radius 3 is 2.33 bits per heavy atom. The summed E-state index contributed by atoms with van der Waals surface area (Å²) in [6.45, 7) is 0.344. The largest absolute Gasteiger partial charge is 0.355 e. The zero-order chi connectivity index (χ0) is 15.4. The summed E-state index contributed by atoms with van der Waals surface area (Å²) < 4.78 is 0.840. The third-order valence-electron chi connectivity index (χ3n) is 2.80. The molecule has 0 saturated heterocycles. The maximum absolute atomic E-state index is 12.0. The van der Waals surface area contributed by atoms with Crippen molar-refractivity contribution in [2.75, 3.05) is 7.05 Å². The van der Waals surface area contributed by atoms with Crippen molar-refractivity contribution in [1.29, 1.82) is 0 Å². The van der Waals surface area contributed by atoms with E-state index in [-0.39, 0.29) is 11.8 Å². The summed E-state index contributed by atoms with van der Waals surface area (Å²) in [6, 6.07) is 8.52. The lowest BCUT2D eigenvalue weighted by Crippen LogP contribution is -2.22. The van der Waals surface area contributed by atoms with E-state index in [0.29, 0.717) is 26.3 Å². The lowest BCUT2D eigenvalue weighted by atomic mass is 10.1. The molecule has 0 fully saturated rings. The van der Waals surface area contributed by atoms with Gasteiger partial charge in [-0.15, -0.1) is 11.3 Å². The Morgan fingerprint density at radius 1 is 1.14 bits per heavy atom. The van der Waals surface area contributed by atoms with Crippen LogP contribution in [0.1, 0.15) is 26.3 Å². The molecule has 0 atom stereocenters. The van der Waals surface area contributed by atoms with Gasteiger partial charge in [0.15, 0.2) is 0 Å². The fourth-order valence-electron chi connectivity index (χ4n) is 1.69. The first-order chi connectivity index (χ1) is 10.0. The summed E-state index contributed by atoms with van der Waals surface area (Å²) in [5, 5.41) is 5.30. The summed E-state index contributed by atoms with van der Waals surface area (Å²) in [6.07, 6.45) is 0. The maximum Gasteiger partial charge on any atom is 0.253 e. The van der Waals surface area contributed by atoms with Gasteiger partial charge in [-0.2, -0.15) is 0 Å². The molecule has 0 aliphatic heterocycles. The monoisotopic (exact) mass is 342 g/mol. The highest BCUT2D eigenvalue weighted by Gasteiger charge is 2.13. The summed E-state index contributed by atoms with van der Waals surface area (Å²) in [5.41, 5.74) is 1.82. The predicted molar refractivity (Wildman–Crippen MR) is 85.3 cm³/mol. The number of halogens is 2. The molecule has 2 aromatic rings. The first kappa shape index (κ1) is 15.8. The van der Waals surface area contributed by atoms with E-state index in [1.807, 2.05) is 0 Å². The highest BCUT2D eigenvalue weighted by atomic mass is 35.5.